The van der Waals surface area contributed by atoms with Gasteiger partial charge in [0, 0.05) is 0 Å². The highest BCUT2D eigenvalue weighted by Crippen LogP contribution is 2.22. The van der Waals surface area contributed by atoms with Crippen molar-refractivity contribution < 1.29 is 14.3 Å². The average molecular weight is 141 g/mol. The van der Waals surface area contributed by atoms with Crippen LogP contribution in [0.2, 0.25) is 0 Å². The molecule has 2 saturated heterocycles. The van der Waals surface area contributed by atoms with Gasteiger partial charge in [-0.15, -0.1) is 0 Å². The van der Waals surface area contributed by atoms with Crippen LogP contribution in [0.4, 0.5) is 0 Å². The molecule has 54 valence electrons. The van der Waals surface area contributed by atoms with Gasteiger partial charge in [0.1, 0.15) is 12.8 Å². The van der Waals surface area contributed by atoms with Gasteiger partial charge < -0.3 is 9.64 Å². The minimum absolute atomic E-state index is 0.00991. The number of fused-ring (bicyclic) bond motifs is 1. The SMILES string of the molecule is O=C1CO[C@H]2CC(=O)N2C1. The van der Waals surface area contributed by atoms with Crippen molar-refractivity contribution in [1.82, 2.24) is 4.90 Å². The Morgan fingerprint density at radius 1 is 1.50 bits per heavy atom. The van der Waals surface area contributed by atoms with Crippen molar-refractivity contribution in [3.63, 3.8) is 0 Å². The smallest absolute Gasteiger partial charge is 0.229 e. The molecule has 4 nitrogen and oxygen atoms in total. The summed E-state index contributed by atoms with van der Waals surface area (Å²) in [6.07, 6.45) is 0.359. The molecular formula is C6H7NO3. The molecule has 0 aliphatic carbocycles. The molecule has 0 saturated carbocycles. The normalized spacial score (nSPS) is 31.6. The van der Waals surface area contributed by atoms with Crippen LogP contribution in [0.25, 0.3) is 0 Å². The number of hydrogen-bond donors (Lipinski definition) is 0. The average Bonchev–Trinajstić information content (AvgIpc) is 1.92. The molecule has 4 heteroatoms. The fourth-order valence-electron chi connectivity index (χ4n) is 1.19. The Kier molecular flexibility index (Phi) is 1.05. The second kappa shape index (κ2) is 1.79. The number of β-lactam (4-membered cyclic amide) rings is 1. The molecule has 0 aromatic carbocycles. The molecule has 0 unspecified atom stereocenters. The maximum atomic E-state index is 10.7. The molecule has 2 heterocycles. The molecule has 1 amide bonds. The zero-order chi connectivity index (χ0) is 7.14. The van der Waals surface area contributed by atoms with Crippen LogP contribution < -0.4 is 0 Å². The highest BCUT2D eigenvalue weighted by atomic mass is 16.5. The predicted molar refractivity (Wildman–Crippen MR) is 31.1 cm³/mol. The van der Waals surface area contributed by atoms with Crippen LogP contribution >= 0.6 is 0 Å². The maximum absolute atomic E-state index is 10.7. The number of rotatable bonds is 0. The Labute approximate surface area is 57.7 Å². The first kappa shape index (κ1) is 5.85. The predicted octanol–water partition coefficient (Wildman–Crippen LogP) is -0.856. The fraction of sp³-hybridized carbons (Fsp3) is 0.667. The topological polar surface area (TPSA) is 46.6 Å². The van der Waals surface area contributed by atoms with E-state index >= 15 is 0 Å². The van der Waals surface area contributed by atoms with Gasteiger partial charge >= 0.3 is 0 Å². The summed E-state index contributed by atoms with van der Waals surface area (Å²) >= 11 is 0. The maximum Gasteiger partial charge on any atom is 0.229 e. The summed E-state index contributed by atoms with van der Waals surface area (Å²) in [7, 11) is 0. The summed E-state index contributed by atoms with van der Waals surface area (Å²) in [4.78, 5) is 22.8. The number of Topliss-reactive ketones (excluding diaryl/α,β-unsaturated/α-hetero) is 1. The molecule has 0 aromatic rings. The summed E-state index contributed by atoms with van der Waals surface area (Å²) in [5.74, 6) is 0.0161. The second-order valence-corrected chi connectivity index (χ2v) is 2.53. The molecule has 0 bridgehead atoms. The fourth-order valence-corrected chi connectivity index (χ4v) is 1.19. The quantitative estimate of drug-likeness (QED) is 0.412. The van der Waals surface area contributed by atoms with Gasteiger partial charge in [0.15, 0.2) is 5.78 Å². The zero-order valence-corrected chi connectivity index (χ0v) is 5.37. The van der Waals surface area contributed by atoms with Crippen molar-refractivity contribution in [2.24, 2.45) is 0 Å². The molecule has 10 heavy (non-hydrogen) atoms. The lowest BCUT2D eigenvalue weighted by atomic mass is 10.1. The number of amides is 1. The summed E-state index contributed by atoms with van der Waals surface area (Å²) in [6.45, 7) is 0.429. The standard InChI is InChI=1S/C6H7NO3/c8-4-2-7-5(9)1-6(7)10-3-4/h6H,1-3H2/t6-/m0/s1. The van der Waals surface area contributed by atoms with Gasteiger partial charge in [-0.1, -0.05) is 0 Å². The number of nitrogens with zero attached hydrogens (tertiary/aromatic N) is 1. The van der Waals surface area contributed by atoms with Crippen LogP contribution in [0, 0.1) is 0 Å². The molecular weight excluding hydrogens is 134 g/mol. The summed E-state index contributed by atoms with van der Waals surface area (Å²) in [5.41, 5.74) is 0. The van der Waals surface area contributed by atoms with Gasteiger partial charge in [0.25, 0.3) is 0 Å². The highest BCUT2D eigenvalue weighted by Gasteiger charge is 2.41. The van der Waals surface area contributed by atoms with Crippen LogP contribution in [-0.2, 0) is 14.3 Å². The van der Waals surface area contributed by atoms with E-state index in [4.69, 9.17) is 4.74 Å². The molecule has 2 aliphatic rings. The number of hydrogen-bond acceptors (Lipinski definition) is 3. The van der Waals surface area contributed by atoms with Crippen molar-refractivity contribution in [3.8, 4) is 0 Å². The Morgan fingerprint density at radius 3 is 2.90 bits per heavy atom. The summed E-state index contributed by atoms with van der Waals surface area (Å²) in [6, 6.07) is 0. The van der Waals surface area contributed by atoms with E-state index in [9.17, 15) is 9.59 Å². The first-order valence-corrected chi connectivity index (χ1v) is 3.20. The van der Waals surface area contributed by atoms with Gasteiger partial charge in [-0.05, 0) is 0 Å². The molecule has 0 radical (unpaired) electrons. The van der Waals surface area contributed by atoms with Gasteiger partial charge in [-0.25, -0.2) is 0 Å². The molecule has 0 aromatic heterocycles. The second-order valence-electron chi connectivity index (χ2n) is 2.53. The summed E-state index contributed by atoms with van der Waals surface area (Å²) in [5, 5.41) is 0. The minimum Gasteiger partial charge on any atom is -0.350 e. The van der Waals surface area contributed by atoms with E-state index in [1.165, 1.54) is 4.90 Å². The number of ketones is 1. The molecule has 0 N–H and O–H groups in total. The zero-order valence-electron chi connectivity index (χ0n) is 5.37. The largest absolute Gasteiger partial charge is 0.350 e. The third-order valence-electron chi connectivity index (χ3n) is 1.80. The number of carbonyl (C=O) groups is 2. The lowest BCUT2D eigenvalue weighted by Gasteiger charge is -2.42. The van der Waals surface area contributed by atoms with Crippen molar-refractivity contribution in [3.05, 3.63) is 0 Å². The van der Waals surface area contributed by atoms with Crippen LogP contribution in [0.5, 0.6) is 0 Å². The Balaban J connectivity index is 2.07. The molecule has 2 aliphatic heterocycles. The van der Waals surface area contributed by atoms with Crippen LogP contribution in [0.15, 0.2) is 0 Å². The Morgan fingerprint density at radius 2 is 2.30 bits per heavy atom. The monoisotopic (exact) mass is 141 g/mol. The highest BCUT2D eigenvalue weighted by molar-refractivity contribution is 5.91. The third kappa shape index (κ3) is 0.654. The van der Waals surface area contributed by atoms with E-state index in [1.807, 2.05) is 0 Å². The Hall–Kier alpha value is -0.900. The van der Waals surface area contributed by atoms with E-state index in [1.54, 1.807) is 0 Å². The van der Waals surface area contributed by atoms with E-state index in [-0.39, 0.29) is 31.1 Å². The van der Waals surface area contributed by atoms with Crippen LogP contribution in [0.3, 0.4) is 0 Å². The molecule has 2 rings (SSSR count). The lowest BCUT2D eigenvalue weighted by molar-refractivity contribution is -0.188. The first-order chi connectivity index (χ1) is 4.77. The lowest BCUT2D eigenvalue weighted by Crippen LogP contribution is -2.59. The Bertz CT molecular complexity index is 195. The van der Waals surface area contributed by atoms with Crippen molar-refractivity contribution >= 4 is 11.7 Å². The van der Waals surface area contributed by atoms with Crippen LogP contribution in [0.1, 0.15) is 6.42 Å². The van der Waals surface area contributed by atoms with E-state index < -0.39 is 0 Å². The van der Waals surface area contributed by atoms with Crippen molar-refractivity contribution in [2.45, 2.75) is 12.6 Å². The van der Waals surface area contributed by atoms with Crippen LogP contribution in [-0.4, -0.2) is 36.0 Å². The van der Waals surface area contributed by atoms with Gasteiger partial charge in [-0.2, -0.15) is 0 Å². The van der Waals surface area contributed by atoms with E-state index in [2.05, 4.69) is 0 Å². The summed E-state index contributed by atoms with van der Waals surface area (Å²) < 4.78 is 5.02. The van der Waals surface area contributed by atoms with Crippen molar-refractivity contribution in [1.29, 1.82) is 0 Å². The van der Waals surface area contributed by atoms with Gasteiger partial charge in [-0.3, -0.25) is 9.59 Å². The van der Waals surface area contributed by atoms with Gasteiger partial charge in [0.2, 0.25) is 5.91 Å². The minimum atomic E-state index is -0.0924. The van der Waals surface area contributed by atoms with Gasteiger partial charge in [0.05, 0.1) is 13.0 Å². The van der Waals surface area contributed by atoms with E-state index in [0.29, 0.717) is 6.42 Å². The number of carbonyl (C=O) groups excluding carboxylic acids is 2. The van der Waals surface area contributed by atoms with E-state index in [0.717, 1.165) is 0 Å². The number of ether oxygens (including phenoxy) is 1. The first-order valence-electron chi connectivity index (χ1n) is 3.20. The molecule has 0 spiro atoms. The van der Waals surface area contributed by atoms with Crippen molar-refractivity contribution in [2.75, 3.05) is 13.2 Å². The molecule has 2 fully saturated rings. The third-order valence-corrected chi connectivity index (χ3v) is 1.80. The molecule has 1 atom stereocenters.